The number of hydrogen-bond donors (Lipinski definition) is 1. The molecule has 128 valence electrons. The number of nitrogens with zero attached hydrogens (tertiary/aromatic N) is 2. The molecule has 0 unspecified atom stereocenters. The third-order valence-electron chi connectivity index (χ3n) is 3.84. The first-order valence-corrected chi connectivity index (χ1v) is 8.00. The van der Waals surface area contributed by atoms with Crippen LogP contribution >= 0.6 is 0 Å². The van der Waals surface area contributed by atoms with E-state index in [2.05, 4.69) is 10.3 Å². The molecule has 3 rings (SSSR count). The van der Waals surface area contributed by atoms with E-state index in [0.717, 1.165) is 0 Å². The second-order valence-corrected chi connectivity index (χ2v) is 6.09. The molecule has 1 aromatic heterocycles. The van der Waals surface area contributed by atoms with Gasteiger partial charge in [-0.1, -0.05) is 26.0 Å². The van der Waals surface area contributed by atoms with Crippen molar-refractivity contribution in [1.29, 1.82) is 0 Å². The lowest BCUT2D eigenvalue weighted by molar-refractivity contribution is -0.116. The standard InChI is InChI=1S/C19H18FN3O2/c1-12(2)18-22-16-6-4-3-5-15(16)19(25)23(18)11-17(24)21-14-9-7-13(20)8-10-14/h3-10,12H,11H2,1-2H3,(H,21,24). The van der Waals surface area contributed by atoms with Crippen LogP contribution in [0.2, 0.25) is 0 Å². The zero-order chi connectivity index (χ0) is 18.0. The van der Waals surface area contributed by atoms with Gasteiger partial charge in [0.05, 0.1) is 10.9 Å². The minimum Gasteiger partial charge on any atom is -0.325 e. The molecule has 1 heterocycles. The van der Waals surface area contributed by atoms with Gasteiger partial charge in [-0.3, -0.25) is 14.2 Å². The van der Waals surface area contributed by atoms with Gasteiger partial charge in [-0.2, -0.15) is 0 Å². The fraction of sp³-hybridized carbons (Fsp3) is 0.211. The molecule has 0 aliphatic heterocycles. The van der Waals surface area contributed by atoms with Gasteiger partial charge >= 0.3 is 0 Å². The normalized spacial score (nSPS) is 11.0. The van der Waals surface area contributed by atoms with Gasteiger partial charge in [0.2, 0.25) is 5.91 Å². The highest BCUT2D eigenvalue weighted by molar-refractivity contribution is 5.90. The molecule has 0 radical (unpaired) electrons. The quantitative estimate of drug-likeness (QED) is 0.793. The number of halogens is 1. The van der Waals surface area contributed by atoms with Crippen LogP contribution in [0.25, 0.3) is 10.9 Å². The molecule has 25 heavy (non-hydrogen) atoms. The van der Waals surface area contributed by atoms with Gasteiger partial charge in [-0.05, 0) is 36.4 Å². The van der Waals surface area contributed by atoms with Crippen LogP contribution in [0.1, 0.15) is 25.6 Å². The zero-order valence-corrected chi connectivity index (χ0v) is 14.0. The molecule has 6 heteroatoms. The van der Waals surface area contributed by atoms with Gasteiger partial charge in [0.1, 0.15) is 18.2 Å². The molecular weight excluding hydrogens is 321 g/mol. The molecule has 0 fully saturated rings. The van der Waals surface area contributed by atoms with E-state index in [0.29, 0.717) is 22.4 Å². The van der Waals surface area contributed by atoms with Gasteiger partial charge in [-0.15, -0.1) is 0 Å². The largest absolute Gasteiger partial charge is 0.325 e. The van der Waals surface area contributed by atoms with Gasteiger partial charge in [0.15, 0.2) is 0 Å². The zero-order valence-electron chi connectivity index (χ0n) is 14.0. The van der Waals surface area contributed by atoms with E-state index in [-0.39, 0.29) is 29.7 Å². The lowest BCUT2D eigenvalue weighted by Crippen LogP contribution is -2.31. The van der Waals surface area contributed by atoms with Crippen molar-refractivity contribution < 1.29 is 9.18 Å². The van der Waals surface area contributed by atoms with Crippen molar-refractivity contribution in [2.75, 3.05) is 5.32 Å². The topological polar surface area (TPSA) is 64.0 Å². The van der Waals surface area contributed by atoms with Crippen molar-refractivity contribution in [3.63, 3.8) is 0 Å². The number of fused-ring (bicyclic) bond motifs is 1. The Morgan fingerprint density at radius 2 is 1.84 bits per heavy atom. The molecule has 0 aliphatic carbocycles. The molecule has 0 atom stereocenters. The van der Waals surface area contributed by atoms with Crippen molar-refractivity contribution in [2.45, 2.75) is 26.3 Å². The smallest absolute Gasteiger partial charge is 0.261 e. The second kappa shape index (κ2) is 6.84. The number of hydrogen-bond acceptors (Lipinski definition) is 3. The Morgan fingerprint density at radius 1 is 1.16 bits per heavy atom. The fourth-order valence-corrected chi connectivity index (χ4v) is 2.66. The van der Waals surface area contributed by atoms with E-state index < -0.39 is 0 Å². The third-order valence-corrected chi connectivity index (χ3v) is 3.84. The van der Waals surface area contributed by atoms with E-state index in [1.807, 2.05) is 19.9 Å². The minimum atomic E-state index is -0.380. The second-order valence-electron chi connectivity index (χ2n) is 6.09. The number of aromatic nitrogens is 2. The summed E-state index contributed by atoms with van der Waals surface area (Å²) in [7, 11) is 0. The molecule has 0 aliphatic rings. The Balaban J connectivity index is 1.95. The van der Waals surface area contributed by atoms with Crippen LogP contribution in [-0.2, 0) is 11.3 Å². The lowest BCUT2D eigenvalue weighted by Gasteiger charge is -2.15. The van der Waals surface area contributed by atoms with Crippen molar-refractivity contribution in [3.8, 4) is 0 Å². The Kier molecular flexibility index (Phi) is 4.61. The summed E-state index contributed by atoms with van der Waals surface area (Å²) < 4.78 is 14.3. The molecule has 0 bridgehead atoms. The monoisotopic (exact) mass is 339 g/mol. The van der Waals surface area contributed by atoms with Crippen molar-refractivity contribution in [1.82, 2.24) is 9.55 Å². The van der Waals surface area contributed by atoms with Gasteiger partial charge in [0, 0.05) is 11.6 Å². The van der Waals surface area contributed by atoms with Crippen LogP contribution < -0.4 is 10.9 Å². The highest BCUT2D eigenvalue weighted by Gasteiger charge is 2.16. The molecule has 5 nitrogen and oxygen atoms in total. The summed E-state index contributed by atoms with van der Waals surface area (Å²) in [6.45, 7) is 3.69. The van der Waals surface area contributed by atoms with Crippen molar-refractivity contribution in [2.24, 2.45) is 0 Å². The van der Waals surface area contributed by atoms with Crippen LogP contribution in [0.4, 0.5) is 10.1 Å². The molecule has 0 saturated carbocycles. The summed E-state index contributed by atoms with van der Waals surface area (Å²) in [6.07, 6.45) is 0. The number of benzene rings is 2. The SMILES string of the molecule is CC(C)c1nc2ccccc2c(=O)n1CC(=O)Nc1ccc(F)cc1. The number of anilines is 1. The van der Waals surface area contributed by atoms with E-state index in [1.54, 1.807) is 18.2 Å². The summed E-state index contributed by atoms with van der Waals surface area (Å²) in [4.78, 5) is 29.7. The summed E-state index contributed by atoms with van der Waals surface area (Å²) in [6, 6.07) is 12.5. The molecular formula is C19H18FN3O2. The average molecular weight is 339 g/mol. The first kappa shape index (κ1) is 16.8. The lowest BCUT2D eigenvalue weighted by atomic mass is 10.1. The first-order valence-electron chi connectivity index (χ1n) is 8.00. The van der Waals surface area contributed by atoms with E-state index in [1.165, 1.54) is 28.8 Å². The minimum absolute atomic E-state index is 0.0177. The van der Waals surface area contributed by atoms with Crippen LogP contribution in [0, 0.1) is 5.82 Å². The molecule has 0 spiro atoms. The summed E-state index contributed by atoms with van der Waals surface area (Å²) >= 11 is 0. The van der Waals surface area contributed by atoms with Crippen molar-refractivity contribution in [3.05, 3.63) is 70.5 Å². The Morgan fingerprint density at radius 3 is 2.52 bits per heavy atom. The molecule has 1 N–H and O–H groups in total. The molecule has 2 aromatic carbocycles. The molecule has 1 amide bonds. The fourth-order valence-electron chi connectivity index (χ4n) is 2.66. The van der Waals surface area contributed by atoms with Crippen LogP contribution in [-0.4, -0.2) is 15.5 Å². The first-order chi connectivity index (χ1) is 12.0. The van der Waals surface area contributed by atoms with Crippen LogP contribution in [0.15, 0.2) is 53.3 Å². The third kappa shape index (κ3) is 3.57. The number of para-hydroxylation sites is 1. The van der Waals surface area contributed by atoms with Crippen LogP contribution in [0.3, 0.4) is 0 Å². The van der Waals surface area contributed by atoms with E-state index in [4.69, 9.17) is 0 Å². The van der Waals surface area contributed by atoms with Crippen LogP contribution in [0.5, 0.6) is 0 Å². The van der Waals surface area contributed by atoms with E-state index in [9.17, 15) is 14.0 Å². The number of carbonyl (C=O) groups excluding carboxylic acids is 1. The number of carbonyl (C=O) groups is 1. The predicted octanol–water partition coefficient (Wildman–Crippen LogP) is 3.30. The maximum absolute atomic E-state index is 12.9. The van der Waals surface area contributed by atoms with Crippen molar-refractivity contribution >= 4 is 22.5 Å². The Bertz CT molecular complexity index is 978. The highest BCUT2D eigenvalue weighted by Crippen LogP contribution is 2.15. The van der Waals surface area contributed by atoms with Gasteiger partial charge in [0.25, 0.3) is 5.56 Å². The number of rotatable bonds is 4. The number of nitrogens with one attached hydrogen (secondary N) is 1. The predicted molar refractivity (Wildman–Crippen MR) is 95.1 cm³/mol. The maximum Gasteiger partial charge on any atom is 0.261 e. The Hall–Kier alpha value is -3.02. The highest BCUT2D eigenvalue weighted by atomic mass is 19.1. The molecule has 0 saturated heterocycles. The average Bonchev–Trinajstić information content (AvgIpc) is 2.59. The summed E-state index contributed by atoms with van der Waals surface area (Å²) in [5.41, 5.74) is 0.842. The number of amides is 1. The van der Waals surface area contributed by atoms with Gasteiger partial charge in [-0.25, -0.2) is 9.37 Å². The Labute approximate surface area is 144 Å². The summed E-state index contributed by atoms with van der Waals surface area (Å²) in [5, 5.41) is 3.14. The maximum atomic E-state index is 12.9. The van der Waals surface area contributed by atoms with E-state index >= 15 is 0 Å². The van der Waals surface area contributed by atoms with Gasteiger partial charge < -0.3 is 5.32 Å². The molecule has 3 aromatic rings. The summed E-state index contributed by atoms with van der Waals surface area (Å²) in [5.74, 6) is -0.211.